The fourth-order valence-electron chi connectivity index (χ4n) is 2.60. The van der Waals surface area contributed by atoms with Crippen LogP contribution in [0, 0.1) is 11.3 Å². The molecule has 0 saturated carbocycles. The molecule has 1 amide bonds. The van der Waals surface area contributed by atoms with Crippen molar-refractivity contribution in [2.24, 2.45) is 0 Å². The van der Waals surface area contributed by atoms with Gasteiger partial charge in [0, 0.05) is 17.8 Å². The Kier molecular flexibility index (Phi) is 5.69. The van der Waals surface area contributed by atoms with Crippen LogP contribution in [0.4, 0.5) is 0 Å². The highest BCUT2D eigenvalue weighted by Crippen LogP contribution is 2.20. The van der Waals surface area contributed by atoms with Gasteiger partial charge in [-0.15, -0.1) is 0 Å². The summed E-state index contributed by atoms with van der Waals surface area (Å²) in [6.45, 7) is 3.82. The Bertz CT molecular complexity index is 793. The highest BCUT2D eigenvalue weighted by Gasteiger charge is 2.33. The summed E-state index contributed by atoms with van der Waals surface area (Å²) in [4.78, 5) is 18.3. The Labute approximate surface area is 153 Å². The fourth-order valence-corrected chi connectivity index (χ4v) is 2.60. The molecule has 0 N–H and O–H groups in total. The van der Waals surface area contributed by atoms with E-state index in [4.69, 9.17) is 14.7 Å². The average Bonchev–Trinajstić information content (AvgIpc) is 2.65. The van der Waals surface area contributed by atoms with Crippen molar-refractivity contribution in [1.82, 2.24) is 9.88 Å². The second-order valence-electron chi connectivity index (χ2n) is 6.17. The van der Waals surface area contributed by atoms with Crippen molar-refractivity contribution in [3.05, 3.63) is 53.7 Å². The normalized spacial score (nSPS) is 13.6. The Balaban J connectivity index is 1.49. The van der Waals surface area contributed by atoms with Crippen LogP contribution in [0.3, 0.4) is 0 Å². The molecule has 1 saturated heterocycles. The van der Waals surface area contributed by atoms with Gasteiger partial charge in [-0.2, -0.15) is 5.26 Å². The number of ether oxygens (including phenoxy) is 2. The molecule has 0 unspecified atom stereocenters. The quantitative estimate of drug-likeness (QED) is 0.717. The van der Waals surface area contributed by atoms with Crippen molar-refractivity contribution >= 4 is 5.91 Å². The molecule has 26 heavy (non-hydrogen) atoms. The Morgan fingerprint density at radius 2 is 2.08 bits per heavy atom. The van der Waals surface area contributed by atoms with E-state index in [0.717, 1.165) is 18.6 Å². The molecule has 1 fully saturated rings. The van der Waals surface area contributed by atoms with E-state index in [0.29, 0.717) is 36.7 Å². The lowest BCUT2D eigenvalue weighted by Gasteiger charge is -2.38. The van der Waals surface area contributed by atoms with Crippen LogP contribution in [0.5, 0.6) is 11.6 Å². The summed E-state index contributed by atoms with van der Waals surface area (Å²) in [7, 11) is 0. The predicted octanol–water partition coefficient (Wildman–Crippen LogP) is 3.04. The molecule has 3 rings (SSSR count). The van der Waals surface area contributed by atoms with E-state index in [1.807, 2.05) is 12.1 Å². The Hall–Kier alpha value is -3.07. The topological polar surface area (TPSA) is 75.4 Å². The lowest BCUT2D eigenvalue weighted by Crippen LogP contribution is -2.56. The molecular formula is C20H21N3O3. The number of aromatic nitrogens is 1. The molecule has 0 bridgehead atoms. The predicted molar refractivity (Wildman–Crippen MR) is 96.1 cm³/mol. The van der Waals surface area contributed by atoms with Gasteiger partial charge < -0.3 is 14.4 Å². The second kappa shape index (κ2) is 8.34. The van der Waals surface area contributed by atoms with Crippen molar-refractivity contribution in [2.45, 2.75) is 25.9 Å². The number of pyridine rings is 1. The van der Waals surface area contributed by atoms with Gasteiger partial charge in [-0.1, -0.05) is 13.3 Å². The number of carbonyl (C=O) groups is 1. The van der Waals surface area contributed by atoms with E-state index in [9.17, 15) is 4.79 Å². The molecule has 2 heterocycles. The number of hydrogen-bond donors (Lipinski definition) is 0. The minimum absolute atomic E-state index is 0.0244. The van der Waals surface area contributed by atoms with Crippen molar-refractivity contribution in [3.63, 3.8) is 0 Å². The number of benzene rings is 1. The summed E-state index contributed by atoms with van der Waals surface area (Å²) in [5.74, 6) is 1.17. The number of amides is 1. The Morgan fingerprint density at radius 3 is 2.77 bits per heavy atom. The summed E-state index contributed by atoms with van der Waals surface area (Å²) >= 11 is 0. The first-order valence-corrected chi connectivity index (χ1v) is 8.74. The van der Waals surface area contributed by atoms with Gasteiger partial charge in [-0.25, -0.2) is 4.98 Å². The highest BCUT2D eigenvalue weighted by molar-refractivity contribution is 5.94. The van der Waals surface area contributed by atoms with Gasteiger partial charge in [0.1, 0.15) is 11.9 Å². The molecule has 0 spiro atoms. The summed E-state index contributed by atoms with van der Waals surface area (Å²) in [5.41, 5.74) is 1.14. The first-order chi connectivity index (χ1) is 12.7. The number of nitrogens with zero attached hydrogens (tertiary/aromatic N) is 3. The summed E-state index contributed by atoms with van der Waals surface area (Å²) in [5, 5.41) is 8.89. The molecule has 134 valence electrons. The number of unbranched alkanes of at least 4 members (excludes halogenated alkanes) is 1. The third-order valence-corrected chi connectivity index (χ3v) is 4.15. The number of nitriles is 1. The van der Waals surface area contributed by atoms with Crippen molar-refractivity contribution in [1.29, 1.82) is 5.26 Å². The van der Waals surface area contributed by atoms with Crippen molar-refractivity contribution in [2.75, 3.05) is 19.7 Å². The zero-order valence-corrected chi connectivity index (χ0v) is 14.7. The fraction of sp³-hybridized carbons (Fsp3) is 0.350. The van der Waals surface area contributed by atoms with E-state index in [1.165, 1.54) is 0 Å². The SMILES string of the molecule is CCCCOc1ccc(C(=O)N2CC(Oc3cc(C#N)ccn3)C2)cc1. The molecule has 1 aliphatic rings. The molecule has 1 aromatic heterocycles. The van der Waals surface area contributed by atoms with Gasteiger partial charge in [-0.05, 0) is 36.8 Å². The number of carbonyl (C=O) groups excluding carboxylic acids is 1. The minimum Gasteiger partial charge on any atom is -0.494 e. The van der Waals surface area contributed by atoms with Crippen LogP contribution in [0.15, 0.2) is 42.6 Å². The smallest absolute Gasteiger partial charge is 0.254 e. The molecule has 1 aliphatic heterocycles. The third-order valence-electron chi connectivity index (χ3n) is 4.15. The number of likely N-dealkylation sites (tertiary alicyclic amines) is 1. The Morgan fingerprint density at radius 1 is 1.31 bits per heavy atom. The number of rotatable bonds is 7. The van der Waals surface area contributed by atoms with Crippen LogP contribution in [0.1, 0.15) is 35.7 Å². The lowest BCUT2D eigenvalue weighted by molar-refractivity contribution is 0.0160. The van der Waals surface area contributed by atoms with E-state index < -0.39 is 0 Å². The molecular weight excluding hydrogens is 330 g/mol. The van der Waals surface area contributed by atoms with E-state index in [1.54, 1.807) is 35.4 Å². The molecule has 2 aromatic rings. The third kappa shape index (κ3) is 4.31. The van der Waals surface area contributed by atoms with E-state index in [2.05, 4.69) is 18.0 Å². The second-order valence-corrected chi connectivity index (χ2v) is 6.17. The standard InChI is InChI=1S/C20H21N3O3/c1-2-3-10-25-17-6-4-16(5-7-17)20(24)23-13-18(14-23)26-19-11-15(12-21)8-9-22-19/h4-9,11,18H,2-3,10,13-14H2,1H3. The maximum atomic E-state index is 12.5. The summed E-state index contributed by atoms with van der Waals surface area (Å²) in [6.07, 6.45) is 3.55. The zero-order valence-electron chi connectivity index (χ0n) is 14.7. The van der Waals surface area contributed by atoms with E-state index in [-0.39, 0.29) is 12.0 Å². The monoisotopic (exact) mass is 351 g/mol. The van der Waals surface area contributed by atoms with Crippen molar-refractivity contribution in [3.8, 4) is 17.7 Å². The van der Waals surface area contributed by atoms with Gasteiger partial charge in [0.15, 0.2) is 0 Å². The maximum Gasteiger partial charge on any atom is 0.254 e. The van der Waals surface area contributed by atoms with Crippen LogP contribution >= 0.6 is 0 Å². The van der Waals surface area contributed by atoms with E-state index >= 15 is 0 Å². The first-order valence-electron chi connectivity index (χ1n) is 8.74. The highest BCUT2D eigenvalue weighted by atomic mass is 16.5. The maximum absolute atomic E-state index is 12.5. The van der Waals surface area contributed by atoms with Crippen LogP contribution in [-0.2, 0) is 0 Å². The van der Waals surface area contributed by atoms with Crippen LogP contribution < -0.4 is 9.47 Å². The summed E-state index contributed by atoms with van der Waals surface area (Å²) in [6, 6.07) is 12.5. The zero-order chi connectivity index (χ0) is 18.4. The van der Waals surface area contributed by atoms with Gasteiger partial charge >= 0.3 is 0 Å². The minimum atomic E-state index is -0.1000. The first kappa shape index (κ1) is 17.7. The van der Waals surface area contributed by atoms with Gasteiger partial charge in [0.2, 0.25) is 5.88 Å². The largest absolute Gasteiger partial charge is 0.494 e. The molecule has 1 aromatic carbocycles. The van der Waals surface area contributed by atoms with Gasteiger partial charge in [0.25, 0.3) is 5.91 Å². The van der Waals surface area contributed by atoms with Crippen LogP contribution in [-0.4, -0.2) is 41.6 Å². The molecule has 0 radical (unpaired) electrons. The van der Waals surface area contributed by atoms with Crippen LogP contribution in [0.25, 0.3) is 0 Å². The molecule has 0 atom stereocenters. The number of hydrogen-bond acceptors (Lipinski definition) is 5. The van der Waals surface area contributed by atoms with Gasteiger partial charge in [-0.3, -0.25) is 4.79 Å². The van der Waals surface area contributed by atoms with Crippen molar-refractivity contribution < 1.29 is 14.3 Å². The average molecular weight is 351 g/mol. The summed E-state index contributed by atoms with van der Waals surface area (Å²) < 4.78 is 11.3. The molecule has 0 aliphatic carbocycles. The van der Waals surface area contributed by atoms with Crippen LogP contribution in [0.2, 0.25) is 0 Å². The van der Waals surface area contributed by atoms with Gasteiger partial charge in [0.05, 0.1) is 31.3 Å². The molecule has 6 nitrogen and oxygen atoms in total. The molecule has 6 heteroatoms. The lowest BCUT2D eigenvalue weighted by atomic mass is 10.1.